The predicted molar refractivity (Wildman–Crippen MR) is 56.4 cm³/mol. The molecule has 1 amide bonds. The maximum absolute atomic E-state index is 11.7. The topological polar surface area (TPSA) is 66.4 Å². The number of carbonyl (C=O) groups is 2. The lowest BCUT2D eigenvalue weighted by atomic mass is 9.69. The average molecular weight is 213 g/mol. The van der Waals surface area contributed by atoms with Crippen molar-refractivity contribution in [3.8, 4) is 0 Å². The van der Waals surface area contributed by atoms with E-state index in [0.717, 1.165) is 19.3 Å². The van der Waals surface area contributed by atoms with Crippen LogP contribution in [0, 0.1) is 5.41 Å². The van der Waals surface area contributed by atoms with Crippen LogP contribution in [0.3, 0.4) is 0 Å². The van der Waals surface area contributed by atoms with Gasteiger partial charge in [-0.05, 0) is 26.2 Å². The lowest BCUT2D eigenvalue weighted by Crippen LogP contribution is -2.46. The van der Waals surface area contributed by atoms with E-state index in [1.165, 1.54) is 0 Å². The Morgan fingerprint density at radius 3 is 2.47 bits per heavy atom. The molecule has 1 aliphatic rings. The van der Waals surface area contributed by atoms with Crippen molar-refractivity contribution >= 4 is 11.9 Å². The van der Waals surface area contributed by atoms with Crippen molar-refractivity contribution in [1.82, 2.24) is 5.32 Å². The van der Waals surface area contributed by atoms with Gasteiger partial charge in [0, 0.05) is 17.9 Å². The summed E-state index contributed by atoms with van der Waals surface area (Å²) in [5, 5.41) is 11.4. The first-order valence-corrected chi connectivity index (χ1v) is 5.47. The zero-order chi connectivity index (χ0) is 11.5. The minimum atomic E-state index is -0.814. The maximum Gasteiger partial charge on any atom is 0.303 e. The van der Waals surface area contributed by atoms with E-state index < -0.39 is 5.97 Å². The molecule has 0 aliphatic heterocycles. The fraction of sp³-hybridized carbons (Fsp3) is 0.818. The van der Waals surface area contributed by atoms with Gasteiger partial charge in [-0.1, -0.05) is 13.3 Å². The van der Waals surface area contributed by atoms with Crippen LogP contribution in [0.15, 0.2) is 0 Å². The van der Waals surface area contributed by atoms with Crippen molar-refractivity contribution in [2.24, 2.45) is 5.41 Å². The summed E-state index contributed by atoms with van der Waals surface area (Å²) in [6, 6.07) is -0.0500. The molecule has 4 heteroatoms. The quantitative estimate of drug-likeness (QED) is 0.728. The number of nitrogens with one attached hydrogen (secondary N) is 1. The summed E-state index contributed by atoms with van der Waals surface area (Å²) < 4.78 is 0. The third-order valence-electron chi connectivity index (χ3n) is 3.17. The third-order valence-corrected chi connectivity index (χ3v) is 3.17. The largest absolute Gasteiger partial charge is 0.481 e. The molecule has 4 nitrogen and oxygen atoms in total. The number of carboxylic acid groups (broad SMARTS) is 1. The van der Waals surface area contributed by atoms with Gasteiger partial charge in [0.25, 0.3) is 0 Å². The molecular weight excluding hydrogens is 194 g/mol. The molecule has 2 N–H and O–H groups in total. The van der Waals surface area contributed by atoms with E-state index in [0.29, 0.717) is 6.42 Å². The van der Waals surface area contributed by atoms with Crippen molar-refractivity contribution < 1.29 is 14.7 Å². The van der Waals surface area contributed by atoms with E-state index in [1.807, 2.05) is 13.8 Å². The van der Waals surface area contributed by atoms with Gasteiger partial charge >= 0.3 is 5.97 Å². The van der Waals surface area contributed by atoms with Crippen molar-refractivity contribution in [3.05, 3.63) is 0 Å². The molecule has 0 spiro atoms. The fourth-order valence-corrected chi connectivity index (χ4v) is 1.74. The molecule has 0 heterocycles. The number of hydrogen-bond acceptors (Lipinski definition) is 2. The van der Waals surface area contributed by atoms with Crippen molar-refractivity contribution in [1.29, 1.82) is 0 Å². The SMILES string of the molecule is CC(CCC(=O)O)NC(=O)C1(C)CCC1. The van der Waals surface area contributed by atoms with Crippen LogP contribution in [-0.4, -0.2) is 23.0 Å². The predicted octanol–water partition coefficient (Wildman–Crippen LogP) is 1.55. The highest BCUT2D eigenvalue weighted by molar-refractivity contribution is 5.83. The van der Waals surface area contributed by atoms with Crippen molar-refractivity contribution in [3.63, 3.8) is 0 Å². The van der Waals surface area contributed by atoms with E-state index in [4.69, 9.17) is 5.11 Å². The normalized spacial score (nSPS) is 20.1. The second kappa shape index (κ2) is 4.64. The molecule has 1 saturated carbocycles. The van der Waals surface area contributed by atoms with E-state index in [2.05, 4.69) is 5.32 Å². The number of hydrogen-bond donors (Lipinski definition) is 2. The van der Waals surface area contributed by atoms with E-state index in [9.17, 15) is 9.59 Å². The Hall–Kier alpha value is -1.06. The summed E-state index contributed by atoms with van der Waals surface area (Å²) in [4.78, 5) is 22.1. The molecule has 0 bridgehead atoms. The van der Waals surface area contributed by atoms with Gasteiger partial charge in [-0.25, -0.2) is 0 Å². The van der Waals surface area contributed by atoms with Crippen LogP contribution in [0.5, 0.6) is 0 Å². The molecule has 1 atom stereocenters. The fourth-order valence-electron chi connectivity index (χ4n) is 1.74. The van der Waals surface area contributed by atoms with Crippen LogP contribution in [0.4, 0.5) is 0 Å². The zero-order valence-corrected chi connectivity index (χ0v) is 9.38. The van der Waals surface area contributed by atoms with Crippen molar-refractivity contribution in [2.45, 2.75) is 52.0 Å². The molecular formula is C11H19NO3. The first-order chi connectivity index (χ1) is 6.94. The van der Waals surface area contributed by atoms with Gasteiger partial charge in [-0.3, -0.25) is 9.59 Å². The molecule has 0 aromatic carbocycles. The average Bonchev–Trinajstić information content (AvgIpc) is 2.10. The highest BCUT2D eigenvalue weighted by Crippen LogP contribution is 2.40. The van der Waals surface area contributed by atoms with Crippen molar-refractivity contribution in [2.75, 3.05) is 0 Å². The molecule has 86 valence electrons. The molecule has 0 aromatic rings. The summed E-state index contributed by atoms with van der Waals surface area (Å²) >= 11 is 0. The molecule has 1 fully saturated rings. The molecule has 1 aliphatic carbocycles. The minimum Gasteiger partial charge on any atom is -0.481 e. The third kappa shape index (κ3) is 3.22. The number of carbonyl (C=O) groups excluding carboxylic acids is 1. The number of carboxylic acids is 1. The van der Waals surface area contributed by atoms with Crippen LogP contribution < -0.4 is 5.32 Å². The van der Waals surface area contributed by atoms with Gasteiger partial charge in [0.1, 0.15) is 0 Å². The number of amides is 1. The van der Waals surface area contributed by atoms with Gasteiger partial charge in [0.15, 0.2) is 0 Å². The van der Waals surface area contributed by atoms with Crippen LogP contribution in [0.2, 0.25) is 0 Å². The molecule has 1 unspecified atom stereocenters. The first-order valence-electron chi connectivity index (χ1n) is 5.47. The van der Waals surface area contributed by atoms with Crippen LogP contribution in [0.1, 0.15) is 46.0 Å². The second-order valence-electron chi connectivity index (χ2n) is 4.72. The summed E-state index contributed by atoms with van der Waals surface area (Å²) in [6.45, 7) is 3.82. The Morgan fingerprint density at radius 2 is 2.07 bits per heavy atom. The summed E-state index contributed by atoms with van der Waals surface area (Å²) in [7, 11) is 0. The molecule has 15 heavy (non-hydrogen) atoms. The summed E-state index contributed by atoms with van der Waals surface area (Å²) in [5.41, 5.74) is -0.197. The van der Waals surface area contributed by atoms with Crippen LogP contribution in [-0.2, 0) is 9.59 Å². The lowest BCUT2D eigenvalue weighted by molar-refractivity contribution is -0.138. The van der Waals surface area contributed by atoms with Gasteiger partial charge in [-0.2, -0.15) is 0 Å². The van der Waals surface area contributed by atoms with Gasteiger partial charge in [-0.15, -0.1) is 0 Å². The monoisotopic (exact) mass is 213 g/mol. The smallest absolute Gasteiger partial charge is 0.303 e. The molecule has 1 rings (SSSR count). The standard InChI is InChI=1S/C11H19NO3/c1-8(4-5-9(13)14)12-10(15)11(2)6-3-7-11/h8H,3-7H2,1-2H3,(H,12,15)(H,13,14). The Labute approximate surface area is 90.0 Å². The second-order valence-corrected chi connectivity index (χ2v) is 4.72. The van der Waals surface area contributed by atoms with Gasteiger partial charge in [0.2, 0.25) is 5.91 Å². The first kappa shape index (κ1) is 12.0. The highest BCUT2D eigenvalue weighted by atomic mass is 16.4. The van der Waals surface area contributed by atoms with E-state index in [-0.39, 0.29) is 23.8 Å². The highest BCUT2D eigenvalue weighted by Gasteiger charge is 2.39. The van der Waals surface area contributed by atoms with Gasteiger partial charge < -0.3 is 10.4 Å². The Balaban J connectivity index is 2.28. The Kier molecular flexibility index (Phi) is 3.72. The van der Waals surface area contributed by atoms with E-state index >= 15 is 0 Å². The number of aliphatic carboxylic acids is 1. The summed E-state index contributed by atoms with van der Waals surface area (Å²) in [5.74, 6) is -0.738. The molecule has 0 saturated heterocycles. The minimum absolute atomic E-state index is 0.0500. The zero-order valence-electron chi connectivity index (χ0n) is 9.38. The lowest BCUT2D eigenvalue weighted by Gasteiger charge is -2.37. The number of rotatable bonds is 5. The Morgan fingerprint density at radius 1 is 1.47 bits per heavy atom. The summed E-state index contributed by atoms with van der Waals surface area (Å²) in [6.07, 6.45) is 3.62. The molecule has 0 radical (unpaired) electrons. The van der Waals surface area contributed by atoms with E-state index in [1.54, 1.807) is 0 Å². The Bertz CT molecular complexity index is 259. The maximum atomic E-state index is 11.7. The molecule has 0 aromatic heterocycles. The van der Waals surface area contributed by atoms with Crippen LogP contribution >= 0.6 is 0 Å². The van der Waals surface area contributed by atoms with Crippen LogP contribution in [0.25, 0.3) is 0 Å². The van der Waals surface area contributed by atoms with Gasteiger partial charge in [0.05, 0.1) is 0 Å².